The van der Waals surface area contributed by atoms with E-state index in [0.717, 1.165) is 35.6 Å². The Balaban J connectivity index is 1.62. The van der Waals surface area contributed by atoms with Crippen LogP contribution >= 0.6 is 0 Å². The van der Waals surface area contributed by atoms with Gasteiger partial charge in [0, 0.05) is 13.1 Å². The minimum Gasteiger partial charge on any atom is -0.493 e. The molecule has 25 heavy (non-hydrogen) atoms. The molecule has 4 heteroatoms. The molecule has 0 aromatic heterocycles. The van der Waals surface area contributed by atoms with Crippen LogP contribution in [0.1, 0.15) is 17.5 Å². The molecule has 0 heterocycles. The highest BCUT2D eigenvalue weighted by molar-refractivity contribution is 5.32. The van der Waals surface area contributed by atoms with E-state index < -0.39 is 6.10 Å². The first kappa shape index (κ1) is 19.3. The smallest absolute Gasteiger partial charge is 0.122 e. The van der Waals surface area contributed by atoms with E-state index in [-0.39, 0.29) is 0 Å². The van der Waals surface area contributed by atoms with E-state index in [1.165, 1.54) is 0 Å². The normalized spacial score (nSPS) is 12.2. The zero-order valence-corrected chi connectivity index (χ0v) is 15.4. The minimum atomic E-state index is -0.512. The Labute approximate surface area is 151 Å². The molecule has 0 unspecified atom stereocenters. The van der Waals surface area contributed by atoms with Crippen molar-refractivity contribution in [2.24, 2.45) is 0 Å². The Morgan fingerprint density at radius 1 is 0.920 bits per heavy atom. The lowest BCUT2D eigenvalue weighted by Crippen LogP contribution is -2.34. The molecule has 0 spiro atoms. The number of ether oxygens (including phenoxy) is 2. The van der Waals surface area contributed by atoms with Gasteiger partial charge in [0.2, 0.25) is 0 Å². The van der Waals surface area contributed by atoms with Gasteiger partial charge in [-0.3, -0.25) is 0 Å². The largest absolute Gasteiger partial charge is 0.493 e. The third kappa shape index (κ3) is 6.77. The van der Waals surface area contributed by atoms with Gasteiger partial charge in [-0.25, -0.2) is 0 Å². The van der Waals surface area contributed by atoms with Gasteiger partial charge in [-0.05, 0) is 50.6 Å². The summed E-state index contributed by atoms with van der Waals surface area (Å²) >= 11 is 0. The van der Waals surface area contributed by atoms with Gasteiger partial charge >= 0.3 is 0 Å². The lowest BCUT2D eigenvalue weighted by molar-refractivity contribution is 0.0746. The number of rotatable bonds is 10. The monoisotopic (exact) mass is 343 g/mol. The topological polar surface area (TPSA) is 41.9 Å². The molecule has 136 valence electrons. The van der Waals surface area contributed by atoms with E-state index in [4.69, 9.17) is 9.47 Å². The summed E-state index contributed by atoms with van der Waals surface area (Å²) in [5, 5.41) is 10.1. The van der Waals surface area contributed by atoms with Gasteiger partial charge in [-0.15, -0.1) is 0 Å². The summed E-state index contributed by atoms with van der Waals surface area (Å²) in [5.74, 6) is 1.77. The maximum atomic E-state index is 10.1. The van der Waals surface area contributed by atoms with Gasteiger partial charge in [0.1, 0.15) is 24.2 Å². The Hall–Kier alpha value is -2.04. The second-order valence-corrected chi connectivity index (χ2v) is 6.46. The summed E-state index contributed by atoms with van der Waals surface area (Å²) < 4.78 is 11.5. The number of hydrogen-bond acceptors (Lipinski definition) is 4. The lowest BCUT2D eigenvalue weighted by atomic mass is 10.2. The van der Waals surface area contributed by atoms with Gasteiger partial charge in [0.15, 0.2) is 0 Å². The molecule has 0 aliphatic carbocycles. The van der Waals surface area contributed by atoms with Crippen LogP contribution in [-0.2, 0) is 0 Å². The maximum absolute atomic E-state index is 10.1. The second-order valence-electron chi connectivity index (χ2n) is 6.46. The number of aliphatic hydroxyl groups is 1. The first-order valence-corrected chi connectivity index (χ1v) is 8.79. The second kappa shape index (κ2) is 10.1. The van der Waals surface area contributed by atoms with Crippen molar-refractivity contribution in [3.05, 3.63) is 59.7 Å². The predicted octanol–water partition coefficient (Wildman–Crippen LogP) is 3.44. The first-order chi connectivity index (χ1) is 12.1. The van der Waals surface area contributed by atoms with Crippen molar-refractivity contribution in [1.82, 2.24) is 4.90 Å². The number of hydrogen-bond donors (Lipinski definition) is 1. The van der Waals surface area contributed by atoms with Crippen molar-refractivity contribution >= 4 is 0 Å². The molecule has 0 bridgehead atoms. The molecule has 2 rings (SSSR count). The molecule has 2 aromatic rings. The van der Waals surface area contributed by atoms with Gasteiger partial charge in [0.05, 0.1) is 6.61 Å². The maximum Gasteiger partial charge on any atom is 0.122 e. The fourth-order valence-electron chi connectivity index (χ4n) is 2.64. The number of para-hydroxylation sites is 2. The third-order valence-corrected chi connectivity index (χ3v) is 4.08. The van der Waals surface area contributed by atoms with Crippen LogP contribution < -0.4 is 9.47 Å². The molecule has 4 nitrogen and oxygen atoms in total. The van der Waals surface area contributed by atoms with Crippen LogP contribution in [0.2, 0.25) is 0 Å². The fourth-order valence-corrected chi connectivity index (χ4v) is 2.64. The molecule has 0 saturated heterocycles. The molecule has 0 fully saturated rings. The Morgan fingerprint density at radius 2 is 1.48 bits per heavy atom. The van der Waals surface area contributed by atoms with Crippen LogP contribution in [0.15, 0.2) is 48.5 Å². The van der Waals surface area contributed by atoms with Crippen LogP contribution in [-0.4, -0.2) is 49.5 Å². The number of aliphatic hydroxyl groups excluding tert-OH is 1. The van der Waals surface area contributed by atoms with E-state index >= 15 is 0 Å². The average Bonchev–Trinajstić information content (AvgIpc) is 2.59. The van der Waals surface area contributed by atoms with Crippen molar-refractivity contribution in [2.45, 2.75) is 26.4 Å². The summed E-state index contributed by atoms with van der Waals surface area (Å²) in [6.45, 7) is 6.47. The molecule has 0 radical (unpaired) electrons. The number of nitrogens with zero attached hydrogens (tertiary/aromatic N) is 1. The summed E-state index contributed by atoms with van der Waals surface area (Å²) in [6.07, 6.45) is 0.401. The summed E-state index contributed by atoms with van der Waals surface area (Å²) in [4.78, 5) is 2.10. The average molecular weight is 343 g/mol. The van der Waals surface area contributed by atoms with E-state index in [1.807, 2.05) is 69.4 Å². The number of aryl methyl sites for hydroxylation is 2. The number of benzene rings is 2. The Morgan fingerprint density at radius 3 is 2.08 bits per heavy atom. The zero-order chi connectivity index (χ0) is 18.1. The molecule has 0 saturated carbocycles. The zero-order valence-electron chi connectivity index (χ0n) is 15.4. The molecule has 0 aliphatic rings. The van der Waals surface area contributed by atoms with Crippen LogP contribution in [0.25, 0.3) is 0 Å². The van der Waals surface area contributed by atoms with Crippen LogP contribution in [0.3, 0.4) is 0 Å². The highest BCUT2D eigenvalue weighted by atomic mass is 16.5. The summed E-state index contributed by atoms with van der Waals surface area (Å²) in [7, 11) is 2.00. The van der Waals surface area contributed by atoms with Gasteiger partial charge in [0.25, 0.3) is 0 Å². The minimum absolute atomic E-state index is 0.300. The van der Waals surface area contributed by atoms with Crippen LogP contribution in [0.4, 0.5) is 0 Å². The molecular weight excluding hydrogens is 314 g/mol. The third-order valence-electron chi connectivity index (χ3n) is 4.08. The van der Waals surface area contributed by atoms with Crippen molar-refractivity contribution in [3.63, 3.8) is 0 Å². The van der Waals surface area contributed by atoms with E-state index in [1.54, 1.807) is 0 Å². The Kier molecular flexibility index (Phi) is 7.76. The SMILES string of the molecule is Cc1ccccc1OCCCN(C)C[C@@H](O)COc1ccccc1C. The highest BCUT2D eigenvalue weighted by Crippen LogP contribution is 2.17. The van der Waals surface area contributed by atoms with Gasteiger partial charge in [-0.1, -0.05) is 36.4 Å². The van der Waals surface area contributed by atoms with Gasteiger partial charge < -0.3 is 19.5 Å². The number of likely N-dealkylation sites (N-methyl/N-ethyl adjacent to an activating group) is 1. The summed E-state index contributed by atoms with van der Waals surface area (Å²) in [6, 6.07) is 15.9. The van der Waals surface area contributed by atoms with Crippen molar-refractivity contribution in [2.75, 3.05) is 33.4 Å². The predicted molar refractivity (Wildman–Crippen MR) is 101 cm³/mol. The molecule has 2 aromatic carbocycles. The molecule has 0 amide bonds. The Bertz CT molecular complexity index is 645. The lowest BCUT2D eigenvalue weighted by Gasteiger charge is -2.21. The highest BCUT2D eigenvalue weighted by Gasteiger charge is 2.10. The van der Waals surface area contributed by atoms with Crippen LogP contribution in [0.5, 0.6) is 11.5 Å². The van der Waals surface area contributed by atoms with Crippen molar-refractivity contribution in [3.8, 4) is 11.5 Å². The fraction of sp³-hybridized carbons (Fsp3) is 0.429. The standard InChI is InChI=1S/C21H29NO3/c1-17-9-4-6-11-20(17)24-14-8-13-22(3)15-19(23)16-25-21-12-7-5-10-18(21)2/h4-7,9-12,19,23H,8,13-16H2,1-3H3/t19-/m1/s1. The molecule has 1 N–H and O–H groups in total. The van der Waals surface area contributed by atoms with E-state index in [0.29, 0.717) is 19.8 Å². The molecular formula is C21H29NO3. The molecule has 1 atom stereocenters. The van der Waals surface area contributed by atoms with E-state index in [2.05, 4.69) is 4.90 Å². The molecule has 0 aliphatic heterocycles. The van der Waals surface area contributed by atoms with Crippen molar-refractivity contribution < 1.29 is 14.6 Å². The quantitative estimate of drug-likeness (QED) is 0.671. The van der Waals surface area contributed by atoms with Gasteiger partial charge in [-0.2, -0.15) is 0 Å². The van der Waals surface area contributed by atoms with Crippen LogP contribution in [0, 0.1) is 13.8 Å². The first-order valence-electron chi connectivity index (χ1n) is 8.79. The van der Waals surface area contributed by atoms with E-state index in [9.17, 15) is 5.11 Å². The van der Waals surface area contributed by atoms with Crippen molar-refractivity contribution in [1.29, 1.82) is 0 Å². The summed E-state index contributed by atoms with van der Waals surface area (Å²) in [5.41, 5.74) is 2.23.